The van der Waals surface area contributed by atoms with Crippen molar-refractivity contribution in [2.24, 2.45) is 14.1 Å². The first-order chi connectivity index (χ1) is 11.1. The number of hydrogen-bond donors (Lipinski definition) is 0. The molecule has 0 aliphatic carbocycles. The second-order valence-electron chi connectivity index (χ2n) is 5.60. The molecule has 2 aromatic heterocycles. The third-order valence-electron chi connectivity index (χ3n) is 4.21. The van der Waals surface area contributed by atoms with Crippen molar-refractivity contribution in [2.75, 3.05) is 0 Å². The van der Waals surface area contributed by atoms with E-state index in [2.05, 4.69) is 0 Å². The summed E-state index contributed by atoms with van der Waals surface area (Å²) >= 11 is 0. The molecule has 3 heterocycles. The van der Waals surface area contributed by atoms with Gasteiger partial charge in [0.1, 0.15) is 0 Å². The summed E-state index contributed by atoms with van der Waals surface area (Å²) in [7, 11) is 3.75. The summed E-state index contributed by atoms with van der Waals surface area (Å²) in [5.74, 6) is -1.19. The number of aryl methyl sites for hydroxylation is 2. The van der Waals surface area contributed by atoms with E-state index in [1.807, 2.05) is 61.4 Å². The van der Waals surface area contributed by atoms with Crippen LogP contribution in [0, 0.1) is 0 Å². The molecule has 3 aromatic rings. The molecule has 0 saturated carbocycles. The molecule has 23 heavy (non-hydrogen) atoms. The Morgan fingerprint density at radius 3 is 2.35 bits per heavy atom. The SMILES string of the molecule is Cn1cccc1C1=C(c2cn(C)c3ccccc23)C(=O)OC1=O. The lowest BCUT2D eigenvalue weighted by molar-refractivity contribution is -0.149. The molecular weight excluding hydrogens is 292 g/mol. The van der Waals surface area contributed by atoms with Gasteiger partial charge in [0.15, 0.2) is 0 Å². The molecule has 1 aliphatic rings. The maximum Gasteiger partial charge on any atom is 0.349 e. The van der Waals surface area contributed by atoms with Gasteiger partial charge in [0, 0.05) is 43.0 Å². The monoisotopic (exact) mass is 306 g/mol. The Kier molecular flexibility index (Phi) is 2.78. The Morgan fingerprint density at radius 2 is 1.61 bits per heavy atom. The molecule has 5 heteroatoms. The van der Waals surface area contributed by atoms with Gasteiger partial charge in [0.25, 0.3) is 0 Å². The molecule has 0 amide bonds. The Bertz CT molecular complexity index is 1000. The van der Waals surface area contributed by atoms with Gasteiger partial charge in [-0.2, -0.15) is 0 Å². The fourth-order valence-corrected chi connectivity index (χ4v) is 3.13. The highest BCUT2D eigenvalue weighted by molar-refractivity contribution is 6.45. The summed E-state index contributed by atoms with van der Waals surface area (Å²) < 4.78 is 8.65. The van der Waals surface area contributed by atoms with E-state index in [0.29, 0.717) is 16.8 Å². The number of cyclic esters (lactones) is 2. The molecule has 0 bridgehead atoms. The molecule has 0 saturated heterocycles. The minimum absolute atomic E-state index is 0.318. The molecule has 1 aliphatic heterocycles. The molecule has 0 spiro atoms. The number of carbonyl (C=O) groups is 2. The number of nitrogens with zero attached hydrogens (tertiary/aromatic N) is 2. The van der Waals surface area contributed by atoms with E-state index in [9.17, 15) is 9.59 Å². The number of ether oxygens (including phenoxy) is 1. The maximum atomic E-state index is 12.3. The number of para-hydroxylation sites is 1. The van der Waals surface area contributed by atoms with Crippen LogP contribution in [0.3, 0.4) is 0 Å². The van der Waals surface area contributed by atoms with Gasteiger partial charge < -0.3 is 13.9 Å². The quantitative estimate of drug-likeness (QED) is 0.540. The molecule has 5 nitrogen and oxygen atoms in total. The Hall–Kier alpha value is -3.08. The van der Waals surface area contributed by atoms with Gasteiger partial charge in [0.05, 0.1) is 16.8 Å². The summed E-state index contributed by atoms with van der Waals surface area (Å²) in [5.41, 5.74) is 3.03. The van der Waals surface area contributed by atoms with Crippen LogP contribution < -0.4 is 0 Å². The second-order valence-corrected chi connectivity index (χ2v) is 5.60. The molecule has 0 fully saturated rings. The lowest BCUT2D eigenvalue weighted by atomic mass is 9.99. The Balaban J connectivity index is 2.07. The van der Waals surface area contributed by atoms with Crippen LogP contribution in [-0.2, 0) is 28.4 Å². The van der Waals surface area contributed by atoms with Crippen molar-refractivity contribution in [2.45, 2.75) is 0 Å². The predicted octanol–water partition coefficient (Wildman–Crippen LogP) is 2.51. The van der Waals surface area contributed by atoms with Gasteiger partial charge in [-0.3, -0.25) is 0 Å². The van der Waals surface area contributed by atoms with E-state index in [1.165, 1.54) is 0 Å². The van der Waals surface area contributed by atoms with Gasteiger partial charge in [-0.15, -0.1) is 0 Å². The highest BCUT2D eigenvalue weighted by Gasteiger charge is 2.37. The number of benzene rings is 1. The second kappa shape index (κ2) is 4.71. The summed E-state index contributed by atoms with van der Waals surface area (Å²) in [6.45, 7) is 0. The van der Waals surface area contributed by atoms with Gasteiger partial charge in [-0.25, -0.2) is 9.59 Å². The minimum atomic E-state index is -0.597. The summed E-state index contributed by atoms with van der Waals surface area (Å²) in [5, 5.41) is 0.920. The van der Waals surface area contributed by atoms with Crippen LogP contribution in [-0.4, -0.2) is 21.1 Å². The Morgan fingerprint density at radius 1 is 0.870 bits per heavy atom. The average molecular weight is 306 g/mol. The van der Waals surface area contributed by atoms with Crippen molar-refractivity contribution in [1.82, 2.24) is 9.13 Å². The first-order valence-corrected chi connectivity index (χ1v) is 7.25. The van der Waals surface area contributed by atoms with Gasteiger partial charge in [-0.1, -0.05) is 18.2 Å². The number of rotatable bonds is 2. The smallest absolute Gasteiger partial charge is 0.349 e. The molecule has 1 aromatic carbocycles. The highest BCUT2D eigenvalue weighted by atomic mass is 16.6. The molecule has 0 N–H and O–H groups in total. The number of aromatic nitrogens is 2. The minimum Gasteiger partial charge on any atom is -0.386 e. The van der Waals surface area contributed by atoms with E-state index in [0.717, 1.165) is 16.5 Å². The first kappa shape index (κ1) is 13.6. The summed E-state index contributed by atoms with van der Waals surface area (Å²) in [6, 6.07) is 11.4. The van der Waals surface area contributed by atoms with Gasteiger partial charge in [0.2, 0.25) is 0 Å². The van der Waals surface area contributed by atoms with Crippen LogP contribution in [0.15, 0.2) is 48.8 Å². The van der Waals surface area contributed by atoms with Crippen LogP contribution in [0.25, 0.3) is 22.0 Å². The fraction of sp³-hybridized carbons (Fsp3) is 0.111. The molecular formula is C18H14N2O3. The van der Waals surface area contributed by atoms with Crippen LogP contribution >= 0.6 is 0 Å². The largest absolute Gasteiger partial charge is 0.386 e. The fourth-order valence-electron chi connectivity index (χ4n) is 3.13. The molecule has 4 rings (SSSR count). The topological polar surface area (TPSA) is 53.2 Å². The molecule has 0 radical (unpaired) electrons. The van der Waals surface area contributed by atoms with Crippen molar-refractivity contribution in [3.63, 3.8) is 0 Å². The van der Waals surface area contributed by atoms with Gasteiger partial charge >= 0.3 is 11.9 Å². The van der Waals surface area contributed by atoms with Crippen LogP contribution in [0.2, 0.25) is 0 Å². The summed E-state index contributed by atoms with van der Waals surface area (Å²) in [4.78, 5) is 24.6. The van der Waals surface area contributed by atoms with Gasteiger partial charge in [-0.05, 0) is 18.2 Å². The predicted molar refractivity (Wildman–Crippen MR) is 86.2 cm³/mol. The zero-order valence-corrected chi connectivity index (χ0v) is 12.7. The molecule has 0 atom stereocenters. The van der Waals surface area contributed by atoms with Crippen LogP contribution in [0.5, 0.6) is 0 Å². The molecule has 114 valence electrons. The van der Waals surface area contributed by atoms with Crippen LogP contribution in [0.1, 0.15) is 11.3 Å². The zero-order valence-electron chi connectivity index (χ0n) is 12.7. The van der Waals surface area contributed by atoms with Crippen LogP contribution in [0.4, 0.5) is 0 Å². The molecule has 0 unspecified atom stereocenters. The third-order valence-corrected chi connectivity index (χ3v) is 4.21. The van der Waals surface area contributed by atoms with E-state index >= 15 is 0 Å². The number of hydrogen-bond acceptors (Lipinski definition) is 3. The first-order valence-electron chi connectivity index (χ1n) is 7.25. The van der Waals surface area contributed by atoms with Crippen molar-refractivity contribution < 1.29 is 14.3 Å². The van der Waals surface area contributed by atoms with Crippen molar-refractivity contribution in [3.8, 4) is 0 Å². The number of esters is 2. The van der Waals surface area contributed by atoms with Crippen molar-refractivity contribution in [3.05, 3.63) is 60.0 Å². The van der Waals surface area contributed by atoms with E-state index in [1.54, 1.807) is 10.6 Å². The van der Waals surface area contributed by atoms with E-state index in [4.69, 9.17) is 4.74 Å². The van der Waals surface area contributed by atoms with Crippen molar-refractivity contribution >= 4 is 34.0 Å². The zero-order chi connectivity index (χ0) is 16.1. The standard InChI is InChI=1S/C18H14N2O3/c1-19-9-5-8-14(19)16-15(17(21)23-18(16)22)12-10-20(2)13-7-4-3-6-11(12)13/h3-10H,1-2H3. The van der Waals surface area contributed by atoms with E-state index < -0.39 is 11.9 Å². The Labute approximate surface area is 132 Å². The maximum absolute atomic E-state index is 12.3. The highest BCUT2D eigenvalue weighted by Crippen LogP contribution is 2.37. The number of carbonyl (C=O) groups excluding carboxylic acids is 2. The third kappa shape index (κ3) is 1.86. The average Bonchev–Trinajstić information content (AvgIpc) is 3.16. The van der Waals surface area contributed by atoms with E-state index in [-0.39, 0.29) is 0 Å². The number of fused-ring (bicyclic) bond motifs is 1. The summed E-state index contributed by atoms with van der Waals surface area (Å²) in [6.07, 6.45) is 3.70. The normalized spacial score (nSPS) is 14.9. The lowest BCUT2D eigenvalue weighted by Crippen LogP contribution is -2.03. The van der Waals surface area contributed by atoms with Crippen molar-refractivity contribution in [1.29, 1.82) is 0 Å². The lowest BCUT2D eigenvalue weighted by Gasteiger charge is -2.03.